The fraction of sp³-hybridized carbons (Fsp3) is 0.750. The summed E-state index contributed by atoms with van der Waals surface area (Å²) in [6, 6.07) is -2.39. The summed E-state index contributed by atoms with van der Waals surface area (Å²) in [4.78, 5) is 83.5. The number of fused-ring (bicyclic) bond motifs is 2. The molecule has 2 saturated carbocycles. The van der Waals surface area contributed by atoms with Gasteiger partial charge in [0.2, 0.25) is 15.8 Å². The van der Waals surface area contributed by atoms with Gasteiger partial charge in [0.1, 0.15) is 30.1 Å². The van der Waals surface area contributed by atoms with E-state index in [0.717, 1.165) is 17.7 Å². The zero-order valence-electron chi connectivity index (χ0n) is 46.3. The topological polar surface area (TPSA) is 248 Å². The molecular weight excluding hydrogens is 989 g/mol. The summed E-state index contributed by atoms with van der Waals surface area (Å²) in [6.45, 7) is 13.8. The lowest BCUT2D eigenvalue weighted by molar-refractivity contribution is -0.263. The van der Waals surface area contributed by atoms with Crippen LogP contribution in [0.4, 0.5) is 0 Å². The third-order valence-corrected chi connectivity index (χ3v) is 17.1. The summed E-state index contributed by atoms with van der Waals surface area (Å²) in [5.41, 5.74) is 0.837. The molecule has 424 valence electrons. The second-order valence-corrected chi connectivity index (χ2v) is 23.4. The zero-order chi connectivity index (χ0) is 55.8. The van der Waals surface area contributed by atoms with Gasteiger partial charge >= 0.3 is 11.9 Å². The van der Waals surface area contributed by atoms with Crippen LogP contribution < -0.4 is 4.72 Å². The van der Waals surface area contributed by atoms with Crippen LogP contribution in [0, 0.1) is 35.5 Å². The van der Waals surface area contributed by atoms with E-state index in [-0.39, 0.29) is 67.9 Å². The molecule has 3 fully saturated rings. The fourth-order valence-corrected chi connectivity index (χ4v) is 11.5. The van der Waals surface area contributed by atoms with Crippen molar-refractivity contribution in [1.82, 2.24) is 9.62 Å². The molecule has 1 saturated heterocycles. The molecule has 2 heterocycles. The Hall–Kier alpha value is -3.95. The van der Waals surface area contributed by atoms with E-state index in [1.807, 2.05) is 13.0 Å². The number of cyclic esters (lactones) is 1. The van der Waals surface area contributed by atoms with Gasteiger partial charge in [-0.25, -0.2) is 17.9 Å². The number of carbonyl (C=O) groups excluding carboxylic acids is 6. The number of amides is 1. The van der Waals surface area contributed by atoms with Crippen LogP contribution in [-0.2, 0) is 67.2 Å². The van der Waals surface area contributed by atoms with Crippen LogP contribution in [0.5, 0.6) is 0 Å². The molecule has 7 unspecified atom stereocenters. The highest BCUT2D eigenvalue weighted by molar-refractivity contribution is 7.90. The normalized spacial score (nSPS) is 36.0. The molecule has 2 aliphatic carbocycles. The smallest absolute Gasteiger partial charge is 0.328 e. The molecule has 0 spiro atoms. The number of nitrogens with zero attached hydrogens (tertiary/aromatic N) is 1. The van der Waals surface area contributed by atoms with Crippen LogP contribution in [0.1, 0.15) is 139 Å². The van der Waals surface area contributed by atoms with Crippen molar-refractivity contribution in [2.45, 2.75) is 193 Å². The minimum absolute atomic E-state index is 0.0271. The number of ketones is 3. The van der Waals surface area contributed by atoms with Crippen LogP contribution >= 0.6 is 0 Å². The van der Waals surface area contributed by atoms with E-state index in [0.29, 0.717) is 49.4 Å². The van der Waals surface area contributed by atoms with E-state index in [4.69, 9.17) is 28.4 Å². The third kappa shape index (κ3) is 18.3. The molecule has 0 aromatic rings. The number of sulfonamides is 1. The second kappa shape index (κ2) is 29.7. The van der Waals surface area contributed by atoms with Gasteiger partial charge in [0.05, 0.1) is 24.9 Å². The fourth-order valence-electron chi connectivity index (χ4n) is 10.3. The van der Waals surface area contributed by atoms with Crippen molar-refractivity contribution in [3.63, 3.8) is 0 Å². The van der Waals surface area contributed by atoms with E-state index < -0.39 is 99.4 Å². The monoisotopic (exact) mass is 1080 g/mol. The van der Waals surface area contributed by atoms with Crippen molar-refractivity contribution in [3.8, 4) is 0 Å². The number of esters is 2. The summed E-state index contributed by atoms with van der Waals surface area (Å²) >= 11 is 0. The van der Waals surface area contributed by atoms with Gasteiger partial charge in [-0.3, -0.25) is 24.0 Å². The summed E-state index contributed by atoms with van der Waals surface area (Å²) in [7, 11) is -0.0380. The van der Waals surface area contributed by atoms with Crippen LogP contribution in [0.3, 0.4) is 0 Å². The molecule has 4 aliphatic rings. The van der Waals surface area contributed by atoms with E-state index in [1.165, 1.54) is 40.3 Å². The van der Waals surface area contributed by atoms with Crippen molar-refractivity contribution in [1.29, 1.82) is 0 Å². The molecule has 0 aromatic heterocycles. The van der Waals surface area contributed by atoms with Gasteiger partial charge in [-0.05, 0) is 122 Å². The molecule has 0 aromatic carbocycles. The SMILES string of the molecule is CCOC(=O)CS(=O)(=O)NC1C[C@H]2CC[C@H](C)[C@](O)(O2)C(=O)C(=O)N(C)C(C)C(=O)OC([C@H](C)C[C@@H]2CC[C@@H](OCC3CCC3)[C@H](OC)C2)CC(=O)C(C)/C=C(\C)C(O)C(OC)C(=O)C(C)CC/C=C/C=C/C=C/1C. The van der Waals surface area contributed by atoms with E-state index in [2.05, 4.69) is 4.72 Å². The minimum Gasteiger partial charge on any atom is -0.465 e. The number of methoxy groups -OCH3 is 2. The van der Waals surface area contributed by atoms with Gasteiger partial charge in [-0.2, -0.15) is 0 Å². The molecule has 19 heteroatoms. The van der Waals surface area contributed by atoms with Gasteiger partial charge < -0.3 is 43.5 Å². The van der Waals surface area contributed by atoms with Crippen LogP contribution in [0.15, 0.2) is 47.6 Å². The maximum absolute atomic E-state index is 14.2. The lowest BCUT2D eigenvalue weighted by Gasteiger charge is -2.42. The Balaban J connectivity index is 1.67. The summed E-state index contributed by atoms with van der Waals surface area (Å²) < 4.78 is 64.1. The van der Waals surface area contributed by atoms with Crippen LogP contribution in [0.2, 0.25) is 0 Å². The number of rotatable bonds is 13. The predicted molar refractivity (Wildman–Crippen MR) is 281 cm³/mol. The number of hydrogen-bond acceptors (Lipinski definition) is 16. The zero-order valence-corrected chi connectivity index (χ0v) is 47.1. The Morgan fingerprint density at radius 3 is 2.25 bits per heavy atom. The predicted octanol–water partition coefficient (Wildman–Crippen LogP) is 6.06. The first kappa shape index (κ1) is 63.6. The lowest BCUT2D eigenvalue weighted by atomic mass is 9.78. The highest BCUT2D eigenvalue weighted by atomic mass is 32.2. The van der Waals surface area contributed by atoms with Crippen LogP contribution in [0.25, 0.3) is 0 Å². The molecule has 2 aliphatic heterocycles. The van der Waals surface area contributed by atoms with Gasteiger partial charge in [-0.1, -0.05) is 76.1 Å². The Morgan fingerprint density at radius 2 is 1.61 bits per heavy atom. The first-order chi connectivity index (χ1) is 35.4. The molecule has 3 N–H and O–H groups in total. The maximum Gasteiger partial charge on any atom is 0.328 e. The Morgan fingerprint density at radius 1 is 0.907 bits per heavy atom. The number of Topliss-reactive ketones (excluding diaryl/α,β-unsaturated/α-hetero) is 3. The standard InChI is InChI=1S/C56H88N2O16S/c1-12-71-49(60)33-75(67,68)57-44-30-43-25-23-39(7)56(66,74-43)53(63)54(64)58(9)40(8)55(65)73-47(37(5)28-42-24-26-46(48(29-42)69-10)72-32-41-21-18-22-41)31-45(59)36(4)27-38(6)51(62)52(70-11)50(61)35(3)20-17-15-13-14-16-19-34(44)2/h13-16,19,27,35-37,39-44,46-48,51-52,57,62,66H,12,17-18,20-26,28-33H2,1-11H3/b15-13+,16-14+,34-19+,38-27+/t35?,36?,37-,39+,40?,42+,43-,44?,46-,47?,48-,51?,52?,56+/m1/s1. The average Bonchev–Trinajstić information content (AvgIpc) is 3.34. The number of ether oxygens (including phenoxy) is 6. The number of allylic oxidation sites excluding steroid dienone is 6. The summed E-state index contributed by atoms with van der Waals surface area (Å²) in [5, 5.41) is 23.4. The number of nitrogens with one attached hydrogen (secondary N) is 1. The van der Waals surface area contributed by atoms with Crippen molar-refractivity contribution in [2.75, 3.05) is 40.2 Å². The first-order valence-corrected chi connectivity index (χ1v) is 28.7. The molecule has 4 rings (SSSR count). The highest BCUT2D eigenvalue weighted by Crippen LogP contribution is 2.38. The van der Waals surface area contributed by atoms with Gasteiger partial charge in [0, 0.05) is 58.1 Å². The van der Waals surface area contributed by atoms with Crippen molar-refractivity contribution in [2.24, 2.45) is 35.5 Å². The van der Waals surface area contributed by atoms with Crippen molar-refractivity contribution < 1.29 is 75.8 Å². The first-order valence-electron chi connectivity index (χ1n) is 27.0. The van der Waals surface area contributed by atoms with Crippen molar-refractivity contribution in [3.05, 3.63) is 47.6 Å². The quantitative estimate of drug-likeness (QED) is 0.108. The molecule has 75 heavy (non-hydrogen) atoms. The third-order valence-electron chi connectivity index (χ3n) is 15.9. The molecule has 0 radical (unpaired) electrons. The summed E-state index contributed by atoms with van der Waals surface area (Å²) in [6.07, 6.45) is 13.1. The summed E-state index contributed by atoms with van der Waals surface area (Å²) in [5.74, 6) is -10.5. The number of likely N-dealkylation sites (N-methyl/N-ethyl adjacent to an activating group) is 1. The van der Waals surface area contributed by atoms with Crippen molar-refractivity contribution >= 4 is 45.2 Å². The molecule has 1 amide bonds. The largest absolute Gasteiger partial charge is 0.465 e. The maximum atomic E-state index is 14.2. The van der Waals surface area contributed by atoms with Gasteiger partial charge in [0.15, 0.2) is 11.5 Å². The van der Waals surface area contributed by atoms with Crippen LogP contribution in [-0.4, -0.2) is 153 Å². The molecule has 2 bridgehead atoms. The molecule has 18 nitrogen and oxygen atoms in total. The average molecular weight is 1080 g/mol. The lowest BCUT2D eigenvalue weighted by Crippen LogP contribution is -2.59. The minimum atomic E-state index is -4.29. The van der Waals surface area contributed by atoms with E-state index >= 15 is 0 Å². The number of aliphatic hydroxyl groups excluding tert-OH is 1. The Kier molecular flexibility index (Phi) is 25.2. The van der Waals surface area contributed by atoms with E-state index in [9.17, 15) is 47.4 Å². The van der Waals surface area contributed by atoms with E-state index in [1.54, 1.807) is 79.0 Å². The molecular formula is C56H88N2O16S. The highest BCUT2D eigenvalue weighted by Gasteiger charge is 2.52. The number of hydrogen-bond donors (Lipinski definition) is 3. The number of aliphatic hydroxyl groups is 2. The number of carbonyl (C=O) groups is 6. The Labute approximate surface area is 445 Å². The van der Waals surface area contributed by atoms with Gasteiger partial charge in [-0.15, -0.1) is 0 Å². The molecule has 14 atom stereocenters. The second-order valence-electron chi connectivity index (χ2n) is 21.7. The van der Waals surface area contributed by atoms with Gasteiger partial charge in [0.25, 0.3) is 11.7 Å². The Bertz CT molecular complexity index is 2190.